The van der Waals surface area contributed by atoms with Crippen LogP contribution in [0.5, 0.6) is 0 Å². The smallest absolute Gasteiger partial charge is 0.262 e. The Kier molecular flexibility index (Phi) is 4.70. The molecule has 23 heavy (non-hydrogen) atoms. The number of nitrogens with one attached hydrogen (secondary N) is 2. The lowest BCUT2D eigenvalue weighted by molar-refractivity contribution is -0.114. The van der Waals surface area contributed by atoms with Gasteiger partial charge in [0.2, 0.25) is 5.91 Å². The molecule has 2 rings (SSSR count). The van der Waals surface area contributed by atoms with E-state index in [0.29, 0.717) is 5.56 Å². The van der Waals surface area contributed by atoms with Crippen LogP contribution < -0.4 is 10.0 Å². The first-order chi connectivity index (χ1) is 10.7. The van der Waals surface area contributed by atoms with Crippen LogP contribution >= 0.6 is 0 Å². The van der Waals surface area contributed by atoms with Gasteiger partial charge in [0.15, 0.2) is 0 Å². The predicted molar refractivity (Wildman–Crippen MR) is 87.4 cm³/mol. The lowest BCUT2D eigenvalue weighted by Gasteiger charge is -2.14. The van der Waals surface area contributed by atoms with Gasteiger partial charge in [0, 0.05) is 13.0 Å². The number of hydrogen-bond acceptors (Lipinski definition) is 3. The Balaban J connectivity index is 2.46. The summed E-state index contributed by atoms with van der Waals surface area (Å²) >= 11 is 0. The molecule has 0 radical (unpaired) electrons. The molecule has 0 atom stereocenters. The maximum atomic E-state index is 13.5. The van der Waals surface area contributed by atoms with Crippen molar-refractivity contribution in [2.24, 2.45) is 0 Å². The lowest BCUT2D eigenvalue weighted by atomic mass is 10.2. The second-order valence-electron chi connectivity index (χ2n) is 5.25. The third kappa shape index (κ3) is 4.07. The number of carbonyl (C=O) groups excluding carboxylic acids is 1. The minimum absolute atomic E-state index is 0.0268. The van der Waals surface area contributed by atoms with Gasteiger partial charge in [0.05, 0.1) is 16.3 Å². The molecule has 122 valence electrons. The van der Waals surface area contributed by atoms with E-state index in [1.165, 1.54) is 19.1 Å². The molecule has 0 saturated heterocycles. The molecule has 0 bridgehead atoms. The summed E-state index contributed by atoms with van der Waals surface area (Å²) in [5.41, 5.74) is 1.52. The molecule has 1 amide bonds. The first-order valence-electron chi connectivity index (χ1n) is 6.86. The Morgan fingerprint density at radius 3 is 2.39 bits per heavy atom. The Bertz CT molecular complexity index is 864. The summed E-state index contributed by atoms with van der Waals surface area (Å²) in [6, 6.07) is 8.51. The minimum Gasteiger partial charge on any atom is -0.325 e. The monoisotopic (exact) mass is 336 g/mol. The number of hydrogen-bond donors (Lipinski definition) is 2. The third-order valence-corrected chi connectivity index (χ3v) is 4.68. The molecular formula is C16H17FN2O3S. The maximum Gasteiger partial charge on any atom is 0.262 e. The second-order valence-corrected chi connectivity index (χ2v) is 6.90. The molecule has 0 fully saturated rings. The van der Waals surface area contributed by atoms with Gasteiger partial charge < -0.3 is 5.32 Å². The highest BCUT2D eigenvalue weighted by Gasteiger charge is 2.19. The van der Waals surface area contributed by atoms with Crippen molar-refractivity contribution in [3.05, 3.63) is 53.3 Å². The van der Waals surface area contributed by atoms with Crippen molar-refractivity contribution in [1.29, 1.82) is 0 Å². The zero-order valence-corrected chi connectivity index (χ0v) is 13.8. The number of sulfonamides is 1. The molecule has 0 aliphatic carbocycles. The summed E-state index contributed by atoms with van der Waals surface area (Å²) in [6.45, 7) is 4.74. The average Bonchev–Trinajstić information content (AvgIpc) is 2.43. The fraction of sp³-hybridized carbons (Fsp3) is 0.188. The van der Waals surface area contributed by atoms with Gasteiger partial charge in [0.25, 0.3) is 10.0 Å². The van der Waals surface area contributed by atoms with Crippen molar-refractivity contribution in [2.75, 3.05) is 10.0 Å². The van der Waals surface area contributed by atoms with Crippen LogP contribution in [-0.2, 0) is 14.8 Å². The van der Waals surface area contributed by atoms with Gasteiger partial charge in [-0.05, 0) is 43.2 Å². The highest BCUT2D eigenvalue weighted by atomic mass is 32.2. The number of halogens is 1. The number of rotatable bonds is 4. The van der Waals surface area contributed by atoms with Crippen molar-refractivity contribution >= 4 is 27.3 Å². The minimum atomic E-state index is -3.91. The summed E-state index contributed by atoms with van der Waals surface area (Å²) in [5.74, 6) is -0.999. The van der Waals surface area contributed by atoms with Crippen LogP contribution in [0.3, 0.4) is 0 Å². The molecule has 7 heteroatoms. The molecule has 2 N–H and O–H groups in total. The van der Waals surface area contributed by atoms with E-state index < -0.39 is 15.8 Å². The van der Waals surface area contributed by atoms with Crippen molar-refractivity contribution in [3.63, 3.8) is 0 Å². The van der Waals surface area contributed by atoms with Gasteiger partial charge >= 0.3 is 0 Å². The SMILES string of the molecule is CC(=O)Nc1ccc(F)cc1NS(=O)(=O)c1cc(C)ccc1C. The van der Waals surface area contributed by atoms with Crippen LogP contribution in [0, 0.1) is 19.7 Å². The Morgan fingerprint density at radius 1 is 1.04 bits per heavy atom. The normalized spacial score (nSPS) is 11.1. The lowest BCUT2D eigenvalue weighted by Crippen LogP contribution is -2.17. The van der Waals surface area contributed by atoms with Crippen molar-refractivity contribution in [1.82, 2.24) is 0 Å². The van der Waals surface area contributed by atoms with Crippen LogP contribution in [-0.4, -0.2) is 14.3 Å². The topological polar surface area (TPSA) is 75.3 Å². The molecule has 0 unspecified atom stereocenters. The molecule has 0 heterocycles. The fourth-order valence-corrected chi connectivity index (χ4v) is 3.50. The van der Waals surface area contributed by atoms with Crippen LogP contribution in [0.4, 0.5) is 15.8 Å². The molecular weight excluding hydrogens is 319 g/mol. The third-order valence-electron chi connectivity index (χ3n) is 3.17. The highest BCUT2D eigenvalue weighted by molar-refractivity contribution is 7.92. The van der Waals surface area contributed by atoms with E-state index in [1.54, 1.807) is 26.0 Å². The number of carbonyl (C=O) groups is 1. The average molecular weight is 336 g/mol. The van der Waals surface area contributed by atoms with Crippen molar-refractivity contribution in [2.45, 2.75) is 25.7 Å². The van der Waals surface area contributed by atoms with Gasteiger partial charge in [-0.15, -0.1) is 0 Å². The first kappa shape index (κ1) is 17.0. The zero-order chi connectivity index (χ0) is 17.2. The Morgan fingerprint density at radius 2 is 1.74 bits per heavy atom. The molecule has 0 aliphatic heterocycles. The molecule has 0 saturated carbocycles. The number of aryl methyl sites for hydroxylation is 2. The molecule has 2 aromatic carbocycles. The second kappa shape index (κ2) is 6.37. The van der Waals surface area contributed by atoms with Crippen LogP contribution in [0.2, 0.25) is 0 Å². The van der Waals surface area contributed by atoms with E-state index in [9.17, 15) is 17.6 Å². The van der Waals surface area contributed by atoms with E-state index in [4.69, 9.17) is 0 Å². The van der Waals surface area contributed by atoms with Crippen LogP contribution in [0.25, 0.3) is 0 Å². The van der Waals surface area contributed by atoms with Crippen LogP contribution in [0.1, 0.15) is 18.1 Å². The standard InChI is InChI=1S/C16H17FN2O3S/c1-10-4-5-11(2)16(8-10)23(21,22)19-15-9-13(17)6-7-14(15)18-12(3)20/h4-9,19H,1-3H3,(H,18,20). The molecule has 0 aromatic heterocycles. The van der Waals surface area contributed by atoms with Gasteiger partial charge in [-0.1, -0.05) is 12.1 Å². The fourth-order valence-electron chi connectivity index (χ4n) is 2.10. The molecule has 5 nitrogen and oxygen atoms in total. The first-order valence-corrected chi connectivity index (χ1v) is 8.34. The van der Waals surface area contributed by atoms with Gasteiger partial charge in [0.1, 0.15) is 5.82 Å². The Hall–Kier alpha value is -2.41. The van der Waals surface area contributed by atoms with Crippen molar-refractivity contribution < 1.29 is 17.6 Å². The Labute approximate surface area is 134 Å². The summed E-state index contributed by atoms with van der Waals surface area (Å²) < 4.78 is 40.9. The summed E-state index contributed by atoms with van der Waals surface area (Å²) in [7, 11) is -3.91. The largest absolute Gasteiger partial charge is 0.325 e. The van der Waals surface area contributed by atoms with Gasteiger partial charge in [-0.3, -0.25) is 9.52 Å². The molecule has 2 aromatic rings. The highest BCUT2D eigenvalue weighted by Crippen LogP contribution is 2.27. The number of benzene rings is 2. The number of amides is 1. The quantitative estimate of drug-likeness (QED) is 0.900. The van der Waals surface area contributed by atoms with E-state index in [2.05, 4.69) is 10.0 Å². The molecule has 0 aliphatic rings. The summed E-state index contributed by atoms with van der Waals surface area (Å²) in [6.07, 6.45) is 0. The van der Waals surface area contributed by atoms with E-state index in [0.717, 1.165) is 17.7 Å². The van der Waals surface area contributed by atoms with Crippen LogP contribution in [0.15, 0.2) is 41.3 Å². The van der Waals surface area contributed by atoms with Gasteiger partial charge in [-0.25, -0.2) is 12.8 Å². The van der Waals surface area contributed by atoms with Gasteiger partial charge in [-0.2, -0.15) is 0 Å². The maximum absolute atomic E-state index is 13.5. The number of anilines is 2. The van der Waals surface area contributed by atoms with E-state index >= 15 is 0 Å². The van der Waals surface area contributed by atoms with E-state index in [-0.39, 0.29) is 22.2 Å². The van der Waals surface area contributed by atoms with Crippen molar-refractivity contribution in [3.8, 4) is 0 Å². The summed E-state index contributed by atoms with van der Waals surface area (Å²) in [4.78, 5) is 11.3. The molecule has 0 spiro atoms. The zero-order valence-electron chi connectivity index (χ0n) is 13.0. The van der Waals surface area contributed by atoms with E-state index in [1.807, 2.05) is 0 Å². The predicted octanol–water partition coefficient (Wildman–Crippen LogP) is 3.20. The summed E-state index contributed by atoms with van der Waals surface area (Å²) in [5, 5.41) is 2.47.